The highest BCUT2D eigenvalue weighted by Gasteiger charge is 2.13. The molecule has 0 bridgehead atoms. The second-order valence-electron chi connectivity index (χ2n) is 7.90. The Hall–Kier alpha value is -4.20. The molecule has 3 N–H and O–H groups in total. The molecule has 4 aromatic heterocycles. The number of amides is 1. The number of anilines is 1. The van der Waals surface area contributed by atoms with Crippen molar-refractivity contribution in [2.45, 2.75) is 26.9 Å². The molecular weight excluding hydrogens is 402 g/mol. The highest BCUT2D eigenvalue weighted by molar-refractivity contribution is 5.95. The quantitative estimate of drug-likeness (QED) is 0.450. The normalized spacial score (nSPS) is 11.3. The van der Waals surface area contributed by atoms with Gasteiger partial charge < -0.3 is 15.5 Å². The standard InChI is InChI=1S/C24H23N7O/c1-15-9-20-19(6-7-26-23(20)25)16(2)21(15)11-27-24(32)17-10-28-31(12-17)14-18-13-30-8-4-3-5-22(30)29-18/h3-10,12-13H,11,14H2,1-2H3,(H2,25,26)(H,27,32). The minimum Gasteiger partial charge on any atom is -0.383 e. The maximum Gasteiger partial charge on any atom is 0.254 e. The van der Waals surface area contributed by atoms with Gasteiger partial charge in [0, 0.05) is 36.7 Å². The first-order chi connectivity index (χ1) is 15.5. The van der Waals surface area contributed by atoms with E-state index in [4.69, 9.17) is 5.73 Å². The zero-order valence-corrected chi connectivity index (χ0v) is 17.9. The summed E-state index contributed by atoms with van der Waals surface area (Å²) in [4.78, 5) is 21.5. The van der Waals surface area contributed by atoms with E-state index in [0.29, 0.717) is 24.5 Å². The molecule has 1 amide bonds. The number of nitrogen functional groups attached to an aromatic ring is 1. The van der Waals surface area contributed by atoms with E-state index in [-0.39, 0.29) is 5.91 Å². The Labute approximate surface area is 184 Å². The summed E-state index contributed by atoms with van der Waals surface area (Å²) in [5.41, 5.74) is 11.5. The highest BCUT2D eigenvalue weighted by atomic mass is 16.1. The van der Waals surface area contributed by atoms with Gasteiger partial charge in [0.15, 0.2) is 0 Å². The SMILES string of the molecule is Cc1cc2c(N)nccc2c(C)c1CNC(=O)c1cnn(Cc2cn3ccccc3n2)c1. The fraction of sp³-hybridized carbons (Fsp3) is 0.167. The van der Waals surface area contributed by atoms with Gasteiger partial charge in [-0.1, -0.05) is 6.07 Å². The minimum absolute atomic E-state index is 0.167. The number of imidazole rings is 1. The van der Waals surface area contributed by atoms with E-state index >= 15 is 0 Å². The summed E-state index contributed by atoms with van der Waals surface area (Å²) in [6, 6.07) is 9.84. The van der Waals surface area contributed by atoms with Gasteiger partial charge in [0.2, 0.25) is 0 Å². The lowest BCUT2D eigenvalue weighted by Crippen LogP contribution is -2.23. The van der Waals surface area contributed by atoms with Crippen LogP contribution in [0.15, 0.2) is 61.3 Å². The van der Waals surface area contributed by atoms with E-state index in [1.165, 1.54) is 0 Å². The predicted molar refractivity (Wildman–Crippen MR) is 123 cm³/mol. The summed E-state index contributed by atoms with van der Waals surface area (Å²) >= 11 is 0. The molecule has 0 unspecified atom stereocenters. The van der Waals surface area contributed by atoms with Crippen LogP contribution in [-0.2, 0) is 13.1 Å². The molecule has 0 aliphatic rings. The van der Waals surface area contributed by atoms with E-state index in [2.05, 4.69) is 20.4 Å². The molecule has 5 aromatic rings. The first-order valence-electron chi connectivity index (χ1n) is 10.4. The van der Waals surface area contributed by atoms with Crippen LogP contribution in [0, 0.1) is 13.8 Å². The van der Waals surface area contributed by atoms with Gasteiger partial charge in [0.25, 0.3) is 5.91 Å². The van der Waals surface area contributed by atoms with Crippen LogP contribution in [0.3, 0.4) is 0 Å². The topological polar surface area (TPSA) is 103 Å². The molecule has 0 saturated carbocycles. The molecule has 4 heterocycles. The second-order valence-corrected chi connectivity index (χ2v) is 7.90. The van der Waals surface area contributed by atoms with Crippen molar-refractivity contribution in [1.29, 1.82) is 0 Å². The number of nitrogens with one attached hydrogen (secondary N) is 1. The molecule has 0 spiro atoms. The number of hydrogen-bond acceptors (Lipinski definition) is 5. The van der Waals surface area contributed by atoms with Crippen LogP contribution in [0.5, 0.6) is 0 Å². The van der Waals surface area contributed by atoms with Gasteiger partial charge in [-0.05, 0) is 60.2 Å². The number of carbonyl (C=O) groups is 1. The summed E-state index contributed by atoms with van der Waals surface area (Å²) in [6.45, 7) is 4.98. The molecule has 5 rings (SSSR count). The fourth-order valence-electron chi connectivity index (χ4n) is 4.07. The lowest BCUT2D eigenvalue weighted by Gasteiger charge is -2.14. The molecule has 0 fully saturated rings. The number of hydrogen-bond donors (Lipinski definition) is 2. The molecule has 8 nitrogen and oxygen atoms in total. The third-order valence-electron chi connectivity index (χ3n) is 5.77. The monoisotopic (exact) mass is 425 g/mol. The Balaban J connectivity index is 1.30. The van der Waals surface area contributed by atoms with Crippen LogP contribution in [0.4, 0.5) is 5.82 Å². The highest BCUT2D eigenvalue weighted by Crippen LogP contribution is 2.27. The Kier molecular flexibility index (Phi) is 4.82. The Morgan fingerprint density at radius 1 is 1.16 bits per heavy atom. The molecule has 0 aliphatic heterocycles. The number of pyridine rings is 2. The molecule has 1 aromatic carbocycles. The van der Waals surface area contributed by atoms with Crippen LogP contribution in [-0.4, -0.2) is 30.1 Å². The number of nitrogens with two attached hydrogens (primary N) is 1. The average molecular weight is 425 g/mol. The molecule has 0 aliphatic carbocycles. The van der Waals surface area contributed by atoms with Gasteiger partial charge >= 0.3 is 0 Å². The lowest BCUT2D eigenvalue weighted by molar-refractivity contribution is 0.0950. The van der Waals surface area contributed by atoms with Crippen molar-refractivity contribution < 1.29 is 4.79 Å². The van der Waals surface area contributed by atoms with Gasteiger partial charge in [-0.15, -0.1) is 0 Å². The van der Waals surface area contributed by atoms with Crippen molar-refractivity contribution in [3.05, 3.63) is 89.3 Å². The molecule has 160 valence electrons. The van der Waals surface area contributed by atoms with Crippen molar-refractivity contribution in [3.63, 3.8) is 0 Å². The lowest BCUT2D eigenvalue weighted by atomic mass is 9.96. The maximum atomic E-state index is 12.8. The van der Waals surface area contributed by atoms with E-state index in [0.717, 1.165) is 38.8 Å². The van der Waals surface area contributed by atoms with E-state index < -0.39 is 0 Å². The molecule has 8 heteroatoms. The Bertz CT molecular complexity index is 1430. The molecular formula is C24H23N7O. The summed E-state index contributed by atoms with van der Waals surface area (Å²) in [5, 5.41) is 9.33. The van der Waals surface area contributed by atoms with E-state index in [9.17, 15) is 4.79 Å². The van der Waals surface area contributed by atoms with Crippen LogP contribution in [0.1, 0.15) is 32.7 Å². The van der Waals surface area contributed by atoms with Crippen molar-refractivity contribution in [1.82, 2.24) is 29.5 Å². The number of benzene rings is 1. The number of fused-ring (bicyclic) bond motifs is 2. The summed E-state index contributed by atoms with van der Waals surface area (Å²) in [5.74, 6) is 0.349. The Morgan fingerprint density at radius 3 is 2.88 bits per heavy atom. The third-order valence-corrected chi connectivity index (χ3v) is 5.77. The van der Waals surface area contributed by atoms with Crippen molar-refractivity contribution in [2.24, 2.45) is 0 Å². The van der Waals surface area contributed by atoms with Gasteiger partial charge in [-0.25, -0.2) is 9.97 Å². The summed E-state index contributed by atoms with van der Waals surface area (Å²) in [7, 11) is 0. The molecule has 0 radical (unpaired) electrons. The summed E-state index contributed by atoms with van der Waals surface area (Å²) in [6.07, 6.45) is 8.95. The largest absolute Gasteiger partial charge is 0.383 e. The van der Waals surface area contributed by atoms with E-state index in [1.807, 2.05) is 61.0 Å². The maximum absolute atomic E-state index is 12.8. The number of rotatable bonds is 5. The van der Waals surface area contributed by atoms with Crippen molar-refractivity contribution in [2.75, 3.05) is 5.73 Å². The van der Waals surface area contributed by atoms with Crippen LogP contribution in [0.2, 0.25) is 0 Å². The van der Waals surface area contributed by atoms with Gasteiger partial charge in [-0.3, -0.25) is 9.48 Å². The van der Waals surface area contributed by atoms with Gasteiger partial charge in [-0.2, -0.15) is 5.10 Å². The van der Waals surface area contributed by atoms with Crippen molar-refractivity contribution >= 4 is 28.1 Å². The average Bonchev–Trinajstić information content (AvgIpc) is 3.41. The predicted octanol–water partition coefficient (Wildman–Crippen LogP) is 3.26. The van der Waals surface area contributed by atoms with Crippen LogP contribution < -0.4 is 11.1 Å². The third kappa shape index (κ3) is 3.56. The number of aromatic nitrogens is 5. The second kappa shape index (κ2) is 7.81. The first-order valence-corrected chi connectivity index (χ1v) is 10.4. The van der Waals surface area contributed by atoms with Crippen LogP contribution >= 0.6 is 0 Å². The fourth-order valence-corrected chi connectivity index (χ4v) is 4.07. The first kappa shape index (κ1) is 19.7. The van der Waals surface area contributed by atoms with Gasteiger partial charge in [0.1, 0.15) is 11.5 Å². The van der Waals surface area contributed by atoms with Crippen LogP contribution in [0.25, 0.3) is 16.4 Å². The number of nitrogens with zero attached hydrogens (tertiary/aromatic N) is 5. The summed E-state index contributed by atoms with van der Waals surface area (Å²) < 4.78 is 3.68. The molecule has 0 atom stereocenters. The van der Waals surface area contributed by atoms with Crippen molar-refractivity contribution in [3.8, 4) is 0 Å². The zero-order valence-electron chi connectivity index (χ0n) is 17.9. The number of aryl methyl sites for hydroxylation is 2. The molecule has 32 heavy (non-hydrogen) atoms. The van der Waals surface area contributed by atoms with E-state index in [1.54, 1.807) is 23.3 Å². The Morgan fingerprint density at radius 2 is 2.03 bits per heavy atom. The van der Waals surface area contributed by atoms with Gasteiger partial charge in [0.05, 0.1) is 24.0 Å². The smallest absolute Gasteiger partial charge is 0.254 e. The number of carbonyl (C=O) groups excluding carboxylic acids is 1. The minimum atomic E-state index is -0.167. The zero-order chi connectivity index (χ0) is 22.2. The molecule has 0 saturated heterocycles.